The first-order valence-electron chi connectivity index (χ1n) is 8.10. The van der Waals surface area contributed by atoms with Crippen molar-refractivity contribution >= 4 is 0 Å². The fourth-order valence-corrected chi connectivity index (χ4v) is 2.68. The quantitative estimate of drug-likeness (QED) is 0.482. The van der Waals surface area contributed by atoms with Gasteiger partial charge >= 0.3 is 0 Å². The van der Waals surface area contributed by atoms with E-state index in [1.165, 1.54) is 5.56 Å². The smallest absolute Gasteiger partial charge is 0.146 e. The molecule has 0 aromatic heterocycles. The molecule has 1 fully saturated rings. The second kappa shape index (κ2) is 10.7. The summed E-state index contributed by atoms with van der Waals surface area (Å²) in [6.07, 6.45) is 0. The fourth-order valence-electron chi connectivity index (χ4n) is 2.68. The molecular weight excluding hydrogens is 296 g/mol. The van der Waals surface area contributed by atoms with Crippen LogP contribution in [0, 0.1) is 0 Å². The van der Waals surface area contributed by atoms with E-state index in [0.29, 0.717) is 19.8 Å². The normalized spacial score (nSPS) is 22.3. The van der Waals surface area contributed by atoms with Gasteiger partial charge in [0.25, 0.3) is 0 Å². The van der Waals surface area contributed by atoms with Gasteiger partial charge in [-0.2, -0.15) is 0 Å². The van der Waals surface area contributed by atoms with Gasteiger partial charge in [0.1, 0.15) is 6.79 Å². The van der Waals surface area contributed by atoms with Crippen LogP contribution in [-0.4, -0.2) is 75.5 Å². The van der Waals surface area contributed by atoms with E-state index in [9.17, 15) is 5.11 Å². The Morgan fingerprint density at radius 1 is 1.22 bits per heavy atom. The van der Waals surface area contributed by atoms with Gasteiger partial charge in [-0.25, -0.2) is 0 Å². The molecule has 1 aromatic rings. The van der Waals surface area contributed by atoms with Crippen LogP contribution in [0.5, 0.6) is 0 Å². The lowest BCUT2D eigenvalue weighted by Gasteiger charge is -2.39. The van der Waals surface area contributed by atoms with Gasteiger partial charge in [0.15, 0.2) is 0 Å². The molecule has 6 heteroatoms. The van der Waals surface area contributed by atoms with Gasteiger partial charge in [-0.15, -0.1) is 0 Å². The van der Waals surface area contributed by atoms with E-state index in [1.807, 2.05) is 18.2 Å². The highest BCUT2D eigenvalue weighted by atomic mass is 16.7. The first-order valence-corrected chi connectivity index (χ1v) is 8.10. The van der Waals surface area contributed by atoms with Crippen molar-refractivity contribution in [3.63, 3.8) is 0 Å². The molecule has 2 rings (SSSR count). The van der Waals surface area contributed by atoms with E-state index in [0.717, 1.165) is 19.6 Å². The number of hydrogen-bond acceptors (Lipinski definition) is 6. The molecule has 23 heavy (non-hydrogen) atoms. The summed E-state index contributed by atoms with van der Waals surface area (Å²) in [7, 11) is 1.65. The van der Waals surface area contributed by atoms with Crippen molar-refractivity contribution in [2.75, 3.05) is 53.4 Å². The van der Waals surface area contributed by atoms with Crippen LogP contribution in [0.25, 0.3) is 0 Å². The second-order valence-electron chi connectivity index (χ2n) is 5.75. The molecule has 1 saturated heterocycles. The molecule has 0 spiro atoms. The molecule has 1 aliphatic rings. The minimum atomic E-state index is 0.143. The largest absolute Gasteiger partial charge is 0.395 e. The van der Waals surface area contributed by atoms with Crippen molar-refractivity contribution < 1.29 is 19.3 Å². The first-order chi connectivity index (χ1) is 11.3. The predicted octanol–water partition coefficient (Wildman–Crippen LogP) is 0.458. The SMILES string of the molecule is COCCOCOC[C@@H]1CN(Cc2ccccc2)[C@H](CO)CN1. The molecule has 1 aliphatic heterocycles. The fraction of sp³-hybridized carbons (Fsp3) is 0.647. The molecule has 0 radical (unpaired) electrons. The van der Waals surface area contributed by atoms with Crippen molar-refractivity contribution in [1.82, 2.24) is 10.2 Å². The Morgan fingerprint density at radius 2 is 2.04 bits per heavy atom. The molecule has 6 nitrogen and oxygen atoms in total. The average Bonchev–Trinajstić information content (AvgIpc) is 2.59. The van der Waals surface area contributed by atoms with Crippen LogP contribution in [0.4, 0.5) is 0 Å². The van der Waals surface area contributed by atoms with Gasteiger partial charge < -0.3 is 24.6 Å². The monoisotopic (exact) mass is 324 g/mol. The molecule has 130 valence electrons. The third-order valence-electron chi connectivity index (χ3n) is 3.97. The predicted molar refractivity (Wildman–Crippen MR) is 88.2 cm³/mol. The number of benzene rings is 1. The van der Waals surface area contributed by atoms with E-state index in [4.69, 9.17) is 14.2 Å². The lowest BCUT2D eigenvalue weighted by Crippen LogP contribution is -2.58. The Kier molecular flexibility index (Phi) is 8.52. The van der Waals surface area contributed by atoms with Crippen LogP contribution in [0.15, 0.2) is 30.3 Å². The number of hydrogen-bond donors (Lipinski definition) is 2. The van der Waals surface area contributed by atoms with E-state index >= 15 is 0 Å². The molecular formula is C17H28N2O4. The van der Waals surface area contributed by atoms with Gasteiger partial charge in [-0.05, 0) is 5.56 Å². The Bertz CT molecular complexity index is 418. The minimum absolute atomic E-state index is 0.143. The van der Waals surface area contributed by atoms with E-state index in [1.54, 1.807) is 7.11 Å². The molecule has 1 aromatic carbocycles. The summed E-state index contributed by atoms with van der Waals surface area (Å²) < 4.78 is 15.8. The third kappa shape index (κ3) is 6.55. The summed E-state index contributed by atoms with van der Waals surface area (Å²) in [5, 5.41) is 13.0. The number of nitrogens with one attached hydrogen (secondary N) is 1. The summed E-state index contributed by atoms with van der Waals surface area (Å²) in [5.74, 6) is 0. The first kappa shape index (κ1) is 18.3. The van der Waals surface area contributed by atoms with Gasteiger partial charge in [0, 0.05) is 38.8 Å². The second-order valence-corrected chi connectivity index (χ2v) is 5.75. The van der Waals surface area contributed by atoms with Gasteiger partial charge in [0.2, 0.25) is 0 Å². The van der Waals surface area contributed by atoms with E-state index in [2.05, 4.69) is 22.3 Å². The van der Waals surface area contributed by atoms with E-state index < -0.39 is 0 Å². The molecule has 0 saturated carbocycles. The van der Waals surface area contributed by atoms with Crippen LogP contribution in [-0.2, 0) is 20.8 Å². The number of nitrogens with zero attached hydrogens (tertiary/aromatic N) is 1. The maximum atomic E-state index is 9.58. The van der Waals surface area contributed by atoms with Crippen molar-refractivity contribution in [3.05, 3.63) is 35.9 Å². The molecule has 0 unspecified atom stereocenters. The number of ether oxygens (including phenoxy) is 3. The topological polar surface area (TPSA) is 63.2 Å². The van der Waals surface area contributed by atoms with Crippen LogP contribution in [0.1, 0.15) is 5.56 Å². The zero-order valence-corrected chi connectivity index (χ0v) is 13.8. The highest BCUT2D eigenvalue weighted by Crippen LogP contribution is 2.12. The number of aliphatic hydroxyl groups excluding tert-OH is 1. The van der Waals surface area contributed by atoms with Gasteiger partial charge in [0.05, 0.1) is 26.4 Å². The molecule has 2 N–H and O–H groups in total. The summed E-state index contributed by atoms with van der Waals surface area (Å²) in [6.45, 7) is 4.61. The number of aliphatic hydroxyl groups is 1. The van der Waals surface area contributed by atoms with Crippen LogP contribution in [0.3, 0.4) is 0 Å². The number of rotatable bonds is 10. The van der Waals surface area contributed by atoms with Gasteiger partial charge in [-0.1, -0.05) is 30.3 Å². The molecule has 1 heterocycles. The molecule has 0 aliphatic carbocycles. The number of methoxy groups -OCH3 is 1. The summed E-state index contributed by atoms with van der Waals surface area (Å²) in [4.78, 5) is 2.31. The highest BCUT2D eigenvalue weighted by Gasteiger charge is 2.27. The van der Waals surface area contributed by atoms with Crippen LogP contribution < -0.4 is 5.32 Å². The van der Waals surface area contributed by atoms with Crippen molar-refractivity contribution in [2.24, 2.45) is 0 Å². The average molecular weight is 324 g/mol. The maximum Gasteiger partial charge on any atom is 0.146 e. The Hall–Kier alpha value is -1.02. The molecule has 0 amide bonds. The summed E-state index contributed by atoms with van der Waals surface area (Å²) >= 11 is 0. The van der Waals surface area contributed by atoms with Gasteiger partial charge in [-0.3, -0.25) is 4.90 Å². The van der Waals surface area contributed by atoms with Crippen molar-refractivity contribution in [1.29, 1.82) is 0 Å². The van der Waals surface area contributed by atoms with Crippen molar-refractivity contribution in [2.45, 2.75) is 18.6 Å². The summed E-state index contributed by atoms with van der Waals surface area (Å²) in [6, 6.07) is 10.7. The lowest BCUT2D eigenvalue weighted by molar-refractivity contribution is -0.0768. The van der Waals surface area contributed by atoms with Crippen LogP contribution in [0.2, 0.25) is 0 Å². The zero-order chi connectivity index (χ0) is 16.3. The Morgan fingerprint density at radius 3 is 2.78 bits per heavy atom. The minimum Gasteiger partial charge on any atom is -0.395 e. The van der Waals surface area contributed by atoms with Crippen molar-refractivity contribution in [3.8, 4) is 0 Å². The Balaban J connectivity index is 1.74. The lowest BCUT2D eigenvalue weighted by atomic mass is 10.1. The van der Waals surface area contributed by atoms with E-state index in [-0.39, 0.29) is 25.5 Å². The standard InChI is InChI=1S/C17H28N2O4/c1-21-7-8-22-14-23-13-16-11-19(17(12-20)9-18-16)10-15-5-3-2-4-6-15/h2-6,16-18,20H,7-14H2,1H3/t16-,17-/m0/s1. The zero-order valence-electron chi connectivity index (χ0n) is 13.8. The summed E-state index contributed by atoms with van der Waals surface area (Å²) in [5.41, 5.74) is 1.26. The molecule has 2 atom stereocenters. The van der Waals surface area contributed by atoms with Crippen LogP contribution >= 0.6 is 0 Å². The highest BCUT2D eigenvalue weighted by molar-refractivity contribution is 5.14. The third-order valence-corrected chi connectivity index (χ3v) is 3.97. The number of piperazine rings is 1. The molecule has 0 bridgehead atoms. The maximum absolute atomic E-state index is 9.58. The Labute approximate surface area is 138 Å².